The summed E-state index contributed by atoms with van der Waals surface area (Å²) in [6.45, 7) is 0. The van der Waals surface area contributed by atoms with E-state index in [0.29, 0.717) is 15.9 Å². The molecule has 0 spiro atoms. The molecule has 2 aromatic carbocycles. The molecule has 3 aromatic rings. The Kier molecular flexibility index (Phi) is 5.66. The number of carbonyl (C=O) groups is 1. The SMILES string of the molecule is O=C(CSc1nnnn1-c1cccc(Cl)c1)Nc1cccc(C(F)(F)F)c1. The smallest absolute Gasteiger partial charge is 0.325 e. The number of thioether (sulfide) groups is 1. The average molecular weight is 414 g/mol. The standard InChI is InChI=1S/C16H11ClF3N5OS/c17-11-4-2-6-13(8-11)25-15(22-23-24-25)27-9-14(26)21-12-5-1-3-10(7-12)16(18,19)20/h1-8H,9H2,(H,21,26). The molecule has 1 heterocycles. The van der Waals surface area contributed by atoms with Gasteiger partial charge in [0.1, 0.15) is 0 Å². The maximum atomic E-state index is 12.7. The van der Waals surface area contributed by atoms with Crippen LogP contribution in [0.25, 0.3) is 5.69 Å². The lowest BCUT2D eigenvalue weighted by molar-refractivity contribution is -0.137. The van der Waals surface area contributed by atoms with E-state index in [2.05, 4.69) is 20.8 Å². The predicted molar refractivity (Wildman–Crippen MR) is 95.0 cm³/mol. The van der Waals surface area contributed by atoms with Gasteiger partial charge in [0.15, 0.2) is 0 Å². The van der Waals surface area contributed by atoms with Crippen molar-refractivity contribution in [3.63, 3.8) is 0 Å². The number of aromatic nitrogens is 4. The summed E-state index contributed by atoms with van der Waals surface area (Å²) in [5, 5.41) is 14.5. The highest BCUT2D eigenvalue weighted by molar-refractivity contribution is 7.99. The maximum Gasteiger partial charge on any atom is 0.416 e. The first kappa shape index (κ1) is 19.2. The fraction of sp³-hybridized carbons (Fsp3) is 0.125. The van der Waals surface area contributed by atoms with Gasteiger partial charge in [-0.15, -0.1) is 5.10 Å². The second-order valence-electron chi connectivity index (χ2n) is 5.27. The molecule has 0 aliphatic heterocycles. The van der Waals surface area contributed by atoms with Gasteiger partial charge >= 0.3 is 6.18 Å². The Labute approximate surface area is 160 Å². The summed E-state index contributed by atoms with van der Waals surface area (Å²) in [7, 11) is 0. The number of hydrogen-bond donors (Lipinski definition) is 1. The van der Waals surface area contributed by atoms with Gasteiger partial charge in [-0.2, -0.15) is 17.9 Å². The fourth-order valence-corrected chi connectivity index (χ4v) is 3.01. The van der Waals surface area contributed by atoms with E-state index in [4.69, 9.17) is 11.6 Å². The second kappa shape index (κ2) is 7.97. The van der Waals surface area contributed by atoms with Crippen LogP contribution < -0.4 is 5.32 Å². The zero-order valence-corrected chi connectivity index (χ0v) is 15.0. The number of tetrazole rings is 1. The van der Waals surface area contributed by atoms with E-state index in [1.165, 1.54) is 16.8 Å². The maximum absolute atomic E-state index is 12.7. The number of hydrogen-bond acceptors (Lipinski definition) is 5. The number of benzene rings is 2. The average Bonchev–Trinajstić information content (AvgIpc) is 3.08. The summed E-state index contributed by atoms with van der Waals surface area (Å²) in [6, 6.07) is 11.2. The monoisotopic (exact) mass is 413 g/mol. The van der Waals surface area contributed by atoms with Gasteiger partial charge in [0, 0.05) is 10.7 Å². The molecule has 0 bridgehead atoms. The Morgan fingerprint density at radius 3 is 2.70 bits per heavy atom. The van der Waals surface area contributed by atoms with Gasteiger partial charge in [0.2, 0.25) is 11.1 Å². The molecule has 1 aromatic heterocycles. The largest absolute Gasteiger partial charge is 0.416 e. The van der Waals surface area contributed by atoms with Crippen molar-refractivity contribution < 1.29 is 18.0 Å². The first-order valence-corrected chi connectivity index (χ1v) is 8.83. The minimum atomic E-state index is -4.48. The molecule has 0 aliphatic rings. The molecule has 11 heteroatoms. The van der Waals surface area contributed by atoms with E-state index in [9.17, 15) is 18.0 Å². The third-order valence-electron chi connectivity index (χ3n) is 3.30. The molecule has 0 saturated carbocycles. The highest BCUT2D eigenvalue weighted by atomic mass is 35.5. The van der Waals surface area contributed by atoms with E-state index >= 15 is 0 Å². The summed E-state index contributed by atoms with van der Waals surface area (Å²) in [5.41, 5.74) is -0.156. The number of amides is 1. The van der Waals surface area contributed by atoms with Crippen LogP contribution in [-0.2, 0) is 11.0 Å². The molecule has 27 heavy (non-hydrogen) atoms. The lowest BCUT2D eigenvalue weighted by Crippen LogP contribution is -2.15. The van der Waals surface area contributed by atoms with Crippen molar-refractivity contribution in [3.05, 3.63) is 59.1 Å². The predicted octanol–water partition coefficient (Wildman–Crippen LogP) is 4.07. The summed E-state index contributed by atoms with van der Waals surface area (Å²) < 4.78 is 39.6. The first-order valence-electron chi connectivity index (χ1n) is 7.47. The lowest BCUT2D eigenvalue weighted by Gasteiger charge is -2.09. The molecule has 140 valence electrons. The number of nitrogens with one attached hydrogen (secondary N) is 1. The quantitative estimate of drug-likeness (QED) is 0.638. The third kappa shape index (κ3) is 4.98. The molecule has 1 N–H and O–H groups in total. The van der Waals surface area contributed by atoms with Crippen LogP contribution in [-0.4, -0.2) is 31.9 Å². The van der Waals surface area contributed by atoms with Gasteiger partial charge in [-0.05, 0) is 46.8 Å². The van der Waals surface area contributed by atoms with Crippen LogP contribution in [0, 0.1) is 0 Å². The molecule has 0 unspecified atom stereocenters. The Balaban J connectivity index is 1.65. The molecular weight excluding hydrogens is 403 g/mol. The summed E-state index contributed by atoms with van der Waals surface area (Å²) in [5.74, 6) is -0.572. The molecule has 0 saturated heterocycles. The third-order valence-corrected chi connectivity index (χ3v) is 4.45. The van der Waals surface area contributed by atoms with Crippen LogP contribution in [0.4, 0.5) is 18.9 Å². The molecule has 0 radical (unpaired) electrons. The Morgan fingerprint density at radius 1 is 1.19 bits per heavy atom. The topological polar surface area (TPSA) is 72.7 Å². The van der Waals surface area contributed by atoms with E-state index in [0.717, 1.165) is 23.9 Å². The highest BCUT2D eigenvalue weighted by Crippen LogP contribution is 2.30. The second-order valence-corrected chi connectivity index (χ2v) is 6.65. The van der Waals surface area contributed by atoms with Gasteiger partial charge < -0.3 is 5.32 Å². The van der Waals surface area contributed by atoms with Crippen LogP contribution in [0.5, 0.6) is 0 Å². The van der Waals surface area contributed by atoms with Crippen molar-refractivity contribution in [1.82, 2.24) is 20.2 Å². The Bertz CT molecular complexity index is 963. The van der Waals surface area contributed by atoms with Crippen molar-refractivity contribution in [2.24, 2.45) is 0 Å². The van der Waals surface area contributed by atoms with Gasteiger partial charge in [-0.3, -0.25) is 4.79 Å². The zero-order chi connectivity index (χ0) is 19.4. The molecule has 1 amide bonds. The van der Waals surface area contributed by atoms with E-state index in [-0.39, 0.29) is 11.4 Å². The summed E-state index contributed by atoms with van der Waals surface area (Å²) in [6.07, 6.45) is -4.48. The minimum Gasteiger partial charge on any atom is -0.325 e. The minimum absolute atomic E-state index is 0.0601. The lowest BCUT2D eigenvalue weighted by atomic mass is 10.2. The number of alkyl halides is 3. The first-order chi connectivity index (χ1) is 12.8. The van der Waals surface area contributed by atoms with Gasteiger partial charge in [-0.25, -0.2) is 0 Å². The Morgan fingerprint density at radius 2 is 1.96 bits per heavy atom. The molecule has 0 atom stereocenters. The van der Waals surface area contributed by atoms with Crippen LogP contribution in [0.3, 0.4) is 0 Å². The molecular formula is C16H11ClF3N5OS. The number of rotatable bonds is 5. The molecule has 0 fully saturated rings. The number of halogens is 4. The van der Waals surface area contributed by atoms with E-state index < -0.39 is 17.6 Å². The van der Waals surface area contributed by atoms with Crippen LogP contribution >= 0.6 is 23.4 Å². The summed E-state index contributed by atoms with van der Waals surface area (Å²) >= 11 is 6.98. The van der Waals surface area contributed by atoms with Gasteiger partial charge in [0.25, 0.3) is 0 Å². The fourth-order valence-electron chi connectivity index (χ4n) is 2.14. The van der Waals surface area contributed by atoms with Gasteiger partial charge in [0.05, 0.1) is 17.0 Å². The van der Waals surface area contributed by atoms with Crippen molar-refractivity contribution in [3.8, 4) is 5.69 Å². The molecule has 0 aliphatic carbocycles. The van der Waals surface area contributed by atoms with Gasteiger partial charge in [-0.1, -0.05) is 35.5 Å². The number of anilines is 1. The van der Waals surface area contributed by atoms with E-state index in [1.54, 1.807) is 24.3 Å². The van der Waals surface area contributed by atoms with E-state index in [1.807, 2.05) is 0 Å². The number of nitrogens with zero attached hydrogens (tertiary/aromatic N) is 4. The van der Waals surface area contributed by atoms with Crippen molar-refractivity contribution >= 4 is 35.0 Å². The van der Waals surface area contributed by atoms with Crippen LogP contribution in [0.1, 0.15) is 5.56 Å². The molecule has 6 nitrogen and oxygen atoms in total. The van der Waals surface area contributed by atoms with Crippen LogP contribution in [0.15, 0.2) is 53.7 Å². The summed E-state index contributed by atoms with van der Waals surface area (Å²) in [4.78, 5) is 12.1. The Hall–Kier alpha value is -2.59. The number of carbonyl (C=O) groups excluding carboxylic acids is 1. The highest BCUT2D eigenvalue weighted by Gasteiger charge is 2.30. The van der Waals surface area contributed by atoms with Crippen molar-refractivity contribution in [1.29, 1.82) is 0 Å². The normalized spacial score (nSPS) is 11.4. The van der Waals surface area contributed by atoms with Crippen molar-refractivity contribution in [2.45, 2.75) is 11.3 Å². The molecule has 3 rings (SSSR count). The van der Waals surface area contributed by atoms with Crippen molar-refractivity contribution in [2.75, 3.05) is 11.1 Å². The van der Waals surface area contributed by atoms with Crippen LogP contribution in [0.2, 0.25) is 5.02 Å². The zero-order valence-electron chi connectivity index (χ0n) is 13.4.